The Kier molecular flexibility index (Phi) is 6.45. The molecule has 0 aliphatic carbocycles. The number of ether oxygens (including phenoxy) is 2. The van der Waals surface area contributed by atoms with Gasteiger partial charge in [-0.3, -0.25) is 4.21 Å². The van der Waals surface area contributed by atoms with Gasteiger partial charge in [-0.05, 0) is 63.8 Å². The van der Waals surface area contributed by atoms with E-state index in [1.54, 1.807) is 11.2 Å². The molecular formula is C21H29NO5S. The summed E-state index contributed by atoms with van der Waals surface area (Å²) in [7, 11) is -1.01. The Balaban J connectivity index is 1.44. The molecule has 0 spiro atoms. The van der Waals surface area contributed by atoms with E-state index in [0.717, 1.165) is 34.5 Å². The van der Waals surface area contributed by atoms with Gasteiger partial charge in [-0.2, -0.15) is 0 Å². The Morgan fingerprint density at radius 3 is 2.61 bits per heavy atom. The van der Waals surface area contributed by atoms with Crippen molar-refractivity contribution < 1.29 is 22.9 Å². The Hall–Kier alpha value is -1.86. The van der Waals surface area contributed by atoms with Crippen LogP contribution in [-0.4, -0.2) is 46.8 Å². The summed E-state index contributed by atoms with van der Waals surface area (Å²) in [5.41, 5.74) is 0.315. The fourth-order valence-electron chi connectivity index (χ4n) is 3.26. The van der Waals surface area contributed by atoms with Crippen LogP contribution in [0.4, 0.5) is 4.79 Å². The molecule has 0 saturated carbocycles. The fourth-order valence-corrected chi connectivity index (χ4v) is 3.81. The van der Waals surface area contributed by atoms with Gasteiger partial charge < -0.3 is 18.8 Å². The molecule has 28 heavy (non-hydrogen) atoms. The predicted octanol–water partition coefficient (Wildman–Crippen LogP) is 4.33. The molecule has 6 nitrogen and oxygen atoms in total. The van der Waals surface area contributed by atoms with Crippen LogP contribution in [0.5, 0.6) is 0 Å². The zero-order valence-electron chi connectivity index (χ0n) is 17.0. The first-order valence-corrected chi connectivity index (χ1v) is 11.2. The van der Waals surface area contributed by atoms with Crippen molar-refractivity contribution in [2.24, 2.45) is 5.92 Å². The van der Waals surface area contributed by atoms with E-state index in [2.05, 4.69) is 0 Å². The molecule has 0 bridgehead atoms. The van der Waals surface area contributed by atoms with Crippen molar-refractivity contribution in [2.45, 2.75) is 50.7 Å². The highest BCUT2D eigenvalue weighted by atomic mass is 32.2. The topological polar surface area (TPSA) is 69.0 Å². The molecule has 1 aromatic carbocycles. The molecule has 1 aromatic heterocycles. The summed E-state index contributed by atoms with van der Waals surface area (Å²) in [4.78, 5) is 14.7. The number of carbonyl (C=O) groups excluding carboxylic acids is 1. The van der Waals surface area contributed by atoms with Crippen molar-refractivity contribution in [3.8, 4) is 0 Å². The number of rotatable bonds is 5. The number of amides is 1. The molecule has 7 heteroatoms. The van der Waals surface area contributed by atoms with E-state index in [0.29, 0.717) is 32.2 Å². The lowest BCUT2D eigenvalue weighted by atomic mass is 9.98. The summed E-state index contributed by atoms with van der Waals surface area (Å²) in [5.74, 6) is 1.19. The van der Waals surface area contributed by atoms with Gasteiger partial charge >= 0.3 is 6.09 Å². The molecule has 154 valence electrons. The average molecular weight is 408 g/mol. The third-order valence-corrected chi connectivity index (χ3v) is 5.65. The summed E-state index contributed by atoms with van der Waals surface area (Å²) in [5, 5.41) is 0.942. The van der Waals surface area contributed by atoms with Gasteiger partial charge in [0.15, 0.2) is 0 Å². The monoisotopic (exact) mass is 407 g/mol. The van der Waals surface area contributed by atoms with E-state index in [-0.39, 0.29) is 6.09 Å². The Morgan fingerprint density at radius 2 is 1.96 bits per heavy atom. The highest BCUT2D eigenvalue weighted by Crippen LogP contribution is 2.24. The predicted molar refractivity (Wildman–Crippen MR) is 109 cm³/mol. The minimum atomic E-state index is -1.01. The first-order valence-electron chi connectivity index (χ1n) is 9.63. The van der Waals surface area contributed by atoms with Crippen molar-refractivity contribution in [1.29, 1.82) is 0 Å². The molecule has 1 fully saturated rings. The second-order valence-corrected chi connectivity index (χ2v) is 9.67. The lowest BCUT2D eigenvalue weighted by Gasteiger charge is -2.33. The van der Waals surface area contributed by atoms with Crippen LogP contribution in [0.1, 0.15) is 39.4 Å². The summed E-state index contributed by atoms with van der Waals surface area (Å²) >= 11 is 0. The Bertz CT molecular complexity index is 846. The maximum Gasteiger partial charge on any atom is 0.410 e. The summed E-state index contributed by atoms with van der Waals surface area (Å²) in [6, 6.07) is 7.51. The Morgan fingerprint density at radius 1 is 1.25 bits per heavy atom. The van der Waals surface area contributed by atoms with Crippen molar-refractivity contribution in [3.05, 3.63) is 30.0 Å². The average Bonchev–Trinajstić information content (AvgIpc) is 3.02. The summed E-state index contributed by atoms with van der Waals surface area (Å²) in [6.07, 6.45) is 3.25. The maximum absolute atomic E-state index is 12.1. The van der Waals surface area contributed by atoms with Gasteiger partial charge in [-0.1, -0.05) is 0 Å². The molecule has 1 aliphatic heterocycles. The summed E-state index contributed by atoms with van der Waals surface area (Å²) in [6.45, 7) is 8.09. The van der Waals surface area contributed by atoms with Gasteiger partial charge in [0.25, 0.3) is 0 Å². The van der Waals surface area contributed by atoms with Crippen LogP contribution in [0.2, 0.25) is 0 Å². The van der Waals surface area contributed by atoms with E-state index >= 15 is 0 Å². The van der Waals surface area contributed by atoms with Crippen LogP contribution in [0.3, 0.4) is 0 Å². The molecule has 3 rings (SSSR count). The van der Waals surface area contributed by atoms with Crippen LogP contribution in [-0.2, 0) is 26.9 Å². The molecule has 0 radical (unpaired) electrons. The molecule has 1 aliphatic rings. The van der Waals surface area contributed by atoms with Gasteiger partial charge in [-0.15, -0.1) is 0 Å². The number of likely N-dealkylation sites (tertiary alicyclic amines) is 1. The third-order valence-electron chi connectivity index (χ3n) is 4.73. The van der Waals surface area contributed by atoms with Crippen molar-refractivity contribution in [3.63, 3.8) is 0 Å². The standard InChI is InChI=1S/C21H29NO5S/c1-21(2,3)27-20(23)22-9-7-15(8-10-22)13-25-14-17-11-16-12-18(28(4)24)5-6-19(16)26-17/h5-6,11-12,15H,7-10,13-14H2,1-4H3. The molecule has 1 atom stereocenters. The van der Waals surface area contributed by atoms with Crippen molar-refractivity contribution in [2.75, 3.05) is 26.0 Å². The highest BCUT2D eigenvalue weighted by molar-refractivity contribution is 7.84. The van der Waals surface area contributed by atoms with Crippen LogP contribution in [0.15, 0.2) is 33.6 Å². The smallest absolute Gasteiger partial charge is 0.410 e. The quantitative estimate of drug-likeness (QED) is 0.738. The molecule has 1 saturated heterocycles. The highest BCUT2D eigenvalue weighted by Gasteiger charge is 2.26. The number of hydrogen-bond donors (Lipinski definition) is 0. The van der Waals surface area contributed by atoms with E-state index in [4.69, 9.17) is 13.9 Å². The molecular weight excluding hydrogens is 378 g/mol. The van der Waals surface area contributed by atoms with Gasteiger partial charge in [0, 0.05) is 40.4 Å². The Labute approximate surface area is 168 Å². The number of fused-ring (bicyclic) bond motifs is 1. The second kappa shape index (κ2) is 8.66. The maximum atomic E-state index is 12.1. The first-order chi connectivity index (χ1) is 13.2. The largest absolute Gasteiger partial charge is 0.459 e. The zero-order valence-corrected chi connectivity index (χ0v) is 17.8. The third kappa shape index (κ3) is 5.58. The van der Waals surface area contributed by atoms with Gasteiger partial charge in [0.2, 0.25) is 0 Å². The lowest BCUT2D eigenvalue weighted by Crippen LogP contribution is -2.42. The van der Waals surface area contributed by atoms with E-state index in [1.165, 1.54) is 0 Å². The fraction of sp³-hybridized carbons (Fsp3) is 0.571. The SMILES string of the molecule is CS(=O)c1ccc2oc(COCC3CCN(C(=O)OC(C)(C)C)CC3)cc2c1. The van der Waals surface area contributed by atoms with Gasteiger partial charge in [-0.25, -0.2) is 4.79 Å². The van der Waals surface area contributed by atoms with Crippen LogP contribution >= 0.6 is 0 Å². The second-order valence-electron chi connectivity index (χ2n) is 8.29. The number of nitrogens with zero attached hydrogens (tertiary/aromatic N) is 1. The molecule has 0 N–H and O–H groups in total. The molecule has 1 amide bonds. The van der Waals surface area contributed by atoms with Crippen molar-refractivity contribution >= 4 is 27.9 Å². The number of hydrogen-bond acceptors (Lipinski definition) is 5. The number of carbonyl (C=O) groups is 1. The van der Waals surface area contributed by atoms with Gasteiger partial charge in [0.1, 0.15) is 23.6 Å². The van der Waals surface area contributed by atoms with E-state index in [1.807, 2.05) is 45.0 Å². The molecule has 2 heterocycles. The first kappa shape index (κ1) is 20.9. The summed E-state index contributed by atoms with van der Waals surface area (Å²) < 4.78 is 28.7. The van der Waals surface area contributed by atoms with Gasteiger partial charge in [0.05, 0.1) is 6.61 Å². The minimum Gasteiger partial charge on any atom is -0.459 e. The number of benzene rings is 1. The minimum absolute atomic E-state index is 0.235. The van der Waals surface area contributed by atoms with Crippen molar-refractivity contribution in [1.82, 2.24) is 4.90 Å². The van der Waals surface area contributed by atoms with Crippen LogP contribution in [0, 0.1) is 5.92 Å². The lowest BCUT2D eigenvalue weighted by molar-refractivity contribution is 0.00952. The number of piperidine rings is 1. The molecule has 2 aromatic rings. The van der Waals surface area contributed by atoms with E-state index < -0.39 is 16.4 Å². The van der Waals surface area contributed by atoms with Crippen LogP contribution in [0.25, 0.3) is 11.0 Å². The van der Waals surface area contributed by atoms with E-state index in [9.17, 15) is 9.00 Å². The normalized spacial score (nSPS) is 17.1. The zero-order chi connectivity index (χ0) is 20.3. The van der Waals surface area contributed by atoms with Crippen LogP contribution < -0.4 is 0 Å². The number of furan rings is 1. The molecule has 1 unspecified atom stereocenters.